The van der Waals surface area contributed by atoms with Gasteiger partial charge in [0.05, 0.1) is 0 Å². The van der Waals surface area contributed by atoms with Crippen molar-refractivity contribution in [3.8, 4) is 0 Å². The van der Waals surface area contributed by atoms with Gasteiger partial charge in [-0.1, -0.05) is 12.8 Å². The van der Waals surface area contributed by atoms with Gasteiger partial charge in [0.2, 0.25) is 0 Å². The molecule has 2 aliphatic rings. The lowest BCUT2D eigenvalue weighted by Gasteiger charge is -2.34. The molecule has 2 heterocycles. The van der Waals surface area contributed by atoms with E-state index in [0.717, 1.165) is 6.54 Å². The van der Waals surface area contributed by atoms with Crippen LogP contribution in [0.5, 0.6) is 0 Å². The van der Waals surface area contributed by atoms with Crippen LogP contribution in [0.25, 0.3) is 0 Å². The van der Waals surface area contributed by atoms with Crippen LogP contribution in [-0.4, -0.2) is 93.2 Å². The molecule has 0 saturated carbocycles. The molecule has 0 amide bonds. The van der Waals surface area contributed by atoms with Crippen LogP contribution < -0.4 is 11.1 Å². The van der Waals surface area contributed by atoms with Crippen molar-refractivity contribution < 1.29 is 0 Å². The lowest BCUT2D eigenvalue weighted by atomic mass is 10.2. The molecule has 0 atom stereocenters. The van der Waals surface area contributed by atoms with Gasteiger partial charge in [0.25, 0.3) is 0 Å². The van der Waals surface area contributed by atoms with E-state index in [2.05, 4.69) is 20.0 Å². The summed E-state index contributed by atoms with van der Waals surface area (Å²) in [6.07, 6.45) is 7.95. The third kappa shape index (κ3) is 8.45. The molecular weight excluding hydrogens is 286 g/mol. The molecule has 3 N–H and O–H groups in total. The first-order valence-electron chi connectivity index (χ1n) is 9.96. The molecule has 0 aromatic carbocycles. The molecule has 0 aliphatic carbocycles. The van der Waals surface area contributed by atoms with Gasteiger partial charge in [-0.15, -0.1) is 0 Å². The van der Waals surface area contributed by atoms with Gasteiger partial charge in [-0.05, 0) is 51.9 Å². The van der Waals surface area contributed by atoms with Crippen molar-refractivity contribution in [1.29, 1.82) is 0 Å². The molecule has 0 radical (unpaired) electrons. The topological polar surface area (TPSA) is 47.8 Å². The van der Waals surface area contributed by atoms with Gasteiger partial charge < -0.3 is 25.8 Å². The maximum Gasteiger partial charge on any atom is 0.0110 e. The zero-order valence-corrected chi connectivity index (χ0v) is 15.1. The number of hydrogen-bond acceptors (Lipinski definition) is 5. The van der Waals surface area contributed by atoms with E-state index >= 15 is 0 Å². The van der Waals surface area contributed by atoms with E-state index in [1.54, 1.807) is 0 Å². The molecule has 5 heteroatoms. The quantitative estimate of drug-likeness (QED) is 0.551. The lowest BCUT2D eigenvalue weighted by Crippen LogP contribution is -2.46. The van der Waals surface area contributed by atoms with Gasteiger partial charge in [-0.2, -0.15) is 0 Å². The van der Waals surface area contributed by atoms with Gasteiger partial charge in [-0.25, -0.2) is 0 Å². The number of nitrogens with two attached hydrogens (primary N) is 1. The summed E-state index contributed by atoms with van der Waals surface area (Å²) < 4.78 is 0. The predicted molar refractivity (Wildman–Crippen MR) is 98.9 cm³/mol. The summed E-state index contributed by atoms with van der Waals surface area (Å²) in [7, 11) is 0. The second kappa shape index (κ2) is 12.2. The Morgan fingerprint density at radius 2 is 1.00 bits per heavy atom. The van der Waals surface area contributed by atoms with Crippen molar-refractivity contribution in [2.24, 2.45) is 5.73 Å². The van der Waals surface area contributed by atoms with E-state index in [-0.39, 0.29) is 0 Å². The van der Waals surface area contributed by atoms with Gasteiger partial charge >= 0.3 is 0 Å². The van der Waals surface area contributed by atoms with Crippen LogP contribution in [0.3, 0.4) is 0 Å². The maximum absolute atomic E-state index is 5.55. The average Bonchev–Trinajstić information content (AvgIpc) is 2.60. The summed E-state index contributed by atoms with van der Waals surface area (Å²) in [4.78, 5) is 7.92. The highest BCUT2D eigenvalue weighted by molar-refractivity contribution is 4.72. The van der Waals surface area contributed by atoms with E-state index in [1.165, 1.54) is 111 Å². The van der Waals surface area contributed by atoms with Crippen molar-refractivity contribution in [2.45, 2.75) is 38.5 Å². The summed E-state index contributed by atoms with van der Waals surface area (Å²) in [5.41, 5.74) is 5.55. The Labute approximate surface area is 143 Å². The van der Waals surface area contributed by atoms with E-state index in [4.69, 9.17) is 5.73 Å². The second-order valence-electron chi connectivity index (χ2n) is 7.18. The lowest BCUT2D eigenvalue weighted by molar-refractivity contribution is 0.128. The molecule has 0 aromatic heterocycles. The van der Waals surface area contributed by atoms with Gasteiger partial charge in [-0.3, -0.25) is 0 Å². The highest BCUT2D eigenvalue weighted by atomic mass is 15.3. The largest absolute Gasteiger partial charge is 0.330 e. The van der Waals surface area contributed by atoms with Crippen LogP contribution in [0.2, 0.25) is 0 Å². The normalized spacial score (nSPS) is 21.8. The number of piperazine rings is 2. The Bertz CT molecular complexity index is 273. The van der Waals surface area contributed by atoms with Crippen molar-refractivity contribution >= 4 is 0 Å². The van der Waals surface area contributed by atoms with E-state index < -0.39 is 0 Å². The van der Waals surface area contributed by atoms with Crippen LogP contribution in [0, 0.1) is 0 Å². The number of nitrogens with zero attached hydrogens (tertiary/aromatic N) is 3. The minimum absolute atomic E-state index is 0.850. The average molecular weight is 326 g/mol. The first-order chi connectivity index (χ1) is 11.4. The van der Waals surface area contributed by atoms with Crippen LogP contribution in [0.15, 0.2) is 0 Å². The fraction of sp³-hybridized carbons (Fsp3) is 1.00. The first kappa shape index (κ1) is 19.1. The first-order valence-corrected chi connectivity index (χ1v) is 9.96. The maximum atomic E-state index is 5.55. The van der Waals surface area contributed by atoms with Gasteiger partial charge in [0, 0.05) is 52.4 Å². The summed E-state index contributed by atoms with van der Waals surface area (Å²) in [5, 5.41) is 3.42. The fourth-order valence-electron chi connectivity index (χ4n) is 3.68. The minimum Gasteiger partial charge on any atom is -0.330 e. The zero-order valence-electron chi connectivity index (χ0n) is 15.1. The van der Waals surface area contributed by atoms with Gasteiger partial charge in [0.15, 0.2) is 0 Å². The van der Waals surface area contributed by atoms with Crippen molar-refractivity contribution in [3.63, 3.8) is 0 Å². The number of rotatable bonds is 11. The standard InChI is InChI=1S/C18H39N5/c19-7-3-1-4-11-22-15-17-23(18-16-22)12-6-2-5-10-21-13-8-20-9-14-21/h20H,1-19H2. The molecule has 2 aliphatic heterocycles. The number of unbranched alkanes of at least 4 members (excludes halogenated alkanes) is 4. The molecule has 2 fully saturated rings. The van der Waals surface area contributed by atoms with Crippen molar-refractivity contribution in [3.05, 3.63) is 0 Å². The SMILES string of the molecule is NCCCCCN1CCN(CCCCCN2CCNCC2)CC1. The highest BCUT2D eigenvalue weighted by Crippen LogP contribution is 2.07. The molecule has 2 saturated heterocycles. The monoisotopic (exact) mass is 325 g/mol. The minimum atomic E-state index is 0.850. The molecule has 0 spiro atoms. The van der Waals surface area contributed by atoms with Crippen molar-refractivity contribution in [2.75, 3.05) is 78.5 Å². The Balaban J connectivity index is 1.40. The summed E-state index contributed by atoms with van der Waals surface area (Å²) in [6, 6.07) is 0. The number of nitrogens with one attached hydrogen (secondary N) is 1. The highest BCUT2D eigenvalue weighted by Gasteiger charge is 2.15. The van der Waals surface area contributed by atoms with Crippen LogP contribution in [0.4, 0.5) is 0 Å². The molecule has 5 nitrogen and oxygen atoms in total. The van der Waals surface area contributed by atoms with E-state index in [0.29, 0.717) is 0 Å². The molecule has 23 heavy (non-hydrogen) atoms. The fourth-order valence-corrected chi connectivity index (χ4v) is 3.68. The third-order valence-electron chi connectivity index (χ3n) is 5.30. The van der Waals surface area contributed by atoms with Crippen molar-refractivity contribution in [1.82, 2.24) is 20.0 Å². The summed E-state index contributed by atoms with van der Waals surface area (Å²) in [6.45, 7) is 14.7. The Morgan fingerprint density at radius 1 is 0.565 bits per heavy atom. The Kier molecular flexibility index (Phi) is 10.1. The molecule has 0 aromatic rings. The smallest absolute Gasteiger partial charge is 0.0110 e. The zero-order chi connectivity index (χ0) is 16.2. The van der Waals surface area contributed by atoms with E-state index in [1.807, 2.05) is 0 Å². The van der Waals surface area contributed by atoms with Crippen LogP contribution in [-0.2, 0) is 0 Å². The van der Waals surface area contributed by atoms with Crippen LogP contribution >= 0.6 is 0 Å². The Morgan fingerprint density at radius 3 is 1.48 bits per heavy atom. The predicted octanol–water partition coefficient (Wildman–Crippen LogP) is 0.809. The molecular formula is C18H39N5. The number of hydrogen-bond donors (Lipinski definition) is 2. The molecule has 2 rings (SSSR count). The molecule has 136 valence electrons. The summed E-state index contributed by atoms with van der Waals surface area (Å²) in [5.74, 6) is 0. The molecule has 0 bridgehead atoms. The van der Waals surface area contributed by atoms with E-state index in [9.17, 15) is 0 Å². The summed E-state index contributed by atoms with van der Waals surface area (Å²) >= 11 is 0. The van der Waals surface area contributed by atoms with Crippen LogP contribution in [0.1, 0.15) is 38.5 Å². The second-order valence-corrected chi connectivity index (χ2v) is 7.18. The Hall–Kier alpha value is -0.200. The van der Waals surface area contributed by atoms with Gasteiger partial charge in [0.1, 0.15) is 0 Å². The third-order valence-corrected chi connectivity index (χ3v) is 5.30. The molecule has 0 unspecified atom stereocenters.